The van der Waals surface area contributed by atoms with Crippen molar-refractivity contribution in [2.75, 3.05) is 6.61 Å². The highest BCUT2D eigenvalue weighted by Crippen LogP contribution is 2.28. The fourth-order valence-electron chi connectivity index (χ4n) is 2.85. The van der Waals surface area contributed by atoms with Gasteiger partial charge in [-0.1, -0.05) is 66.7 Å². The van der Waals surface area contributed by atoms with E-state index in [0.717, 1.165) is 11.1 Å². The van der Waals surface area contributed by atoms with Crippen LogP contribution in [-0.2, 0) is 17.8 Å². The predicted octanol–water partition coefficient (Wildman–Crippen LogP) is 5.02. The average Bonchev–Trinajstić information content (AvgIpc) is 2.66. The first-order valence-corrected chi connectivity index (χ1v) is 8.84. The monoisotopic (exact) mass is 360 g/mol. The van der Waals surface area contributed by atoms with Crippen LogP contribution in [0.5, 0.6) is 0 Å². The molecule has 0 unspecified atom stereocenters. The number of halogens is 2. The average molecular weight is 360 g/mol. The highest BCUT2D eigenvalue weighted by molar-refractivity contribution is 5.15. The normalized spacial score (nSPS) is 14.0. The number of aliphatic hydroxyl groups is 1. The highest BCUT2D eigenvalue weighted by atomic mass is 19.3. The van der Waals surface area contributed by atoms with Crippen LogP contribution in [0.15, 0.2) is 73.3 Å². The van der Waals surface area contributed by atoms with Gasteiger partial charge in [0.15, 0.2) is 0 Å². The van der Waals surface area contributed by atoms with Crippen LogP contribution in [0.1, 0.15) is 24.0 Å². The van der Waals surface area contributed by atoms with Gasteiger partial charge >= 0.3 is 0 Å². The molecule has 140 valence electrons. The van der Waals surface area contributed by atoms with Crippen molar-refractivity contribution in [2.45, 2.75) is 37.9 Å². The molecule has 0 aromatic heterocycles. The molecule has 4 heteroatoms. The molecule has 0 spiro atoms. The SMILES string of the molecule is C=C[C@@H](CC(F)(F)COCc1ccccc1)[C@@H](O)CCc1ccccc1. The smallest absolute Gasteiger partial charge is 0.271 e. The lowest BCUT2D eigenvalue weighted by atomic mass is 9.91. The van der Waals surface area contributed by atoms with Gasteiger partial charge in [-0.25, -0.2) is 8.78 Å². The molecule has 0 saturated heterocycles. The van der Waals surface area contributed by atoms with Crippen molar-refractivity contribution in [3.8, 4) is 0 Å². The highest BCUT2D eigenvalue weighted by Gasteiger charge is 2.34. The molecule has 2 atom stereocenters. The zero-order valence-electron chi connectivity index (χ0n) is 14.9. The molecule has 0 aliphatic carbocycles. The van der Waals surface area contributed by atoms with Crippen molar-refractivity contribution < 1.29 is 18.6 Å². The van der Waals surface area contributed by atoms with E-state index in [4.69, 9.17) is 4.74 Å². The van der Waals surface area contributed by atoms with Crippen molar-refractivity contribution in [3.05, 3.63) is 84.4 Å². The number of hydrogen-bond acceptors (Lipinski definition) is 2. The summed E-state index contributed by atoms with van der Waals surface area (Å²) in [6.45, 7) is 3.09. The summed E-state index contributed by atoms with van der Waals surface area (Å²) < 4.78 is 33.6. The van der Waals surface area contributed by atoms with Gasteiger partial charge in [-0.2, -0.15) is 0 Å². The molecular formula is C22H26F2O2. The van der Waals surface area contributed by atoms with Crippen LogP contribution in [0.25, 0.3) is 0 Å². The van der Waals surface area contributed by atoms with E-state index < -0.39 is 31.0 Å². The Morgan fingerprint density at radius 1 is 1.00 bits per heavy atom. The summed E-state index contributed by atoms with van der Waals surface area (Å²) in [5, 5.41) is 10.3. The minimum atomic E-state index is -3.01. The van der Waals surface area contributed by atoms with Crippen LogP contribution in [0.3, 0.4) is 0 Å². The first-order valence-electron chi connectivity index (χ1n) is 8.84. The van der Waals surface area contributed by atoms with Crippen LogP contribution in [0, 0.1) is 5.92 Å². The van der Waals surface area contributed by atoms with E-state index in [1.54, 1.807) is 0 Å². The van der Waals surface area contributed by atoms with Gasteiger partial charge in [-0.3, -0.25) is 0 Å². The first-order chi connectivity index (χ1) is 12.5. The number of hydrogen-bond donors (Lipinski definition) is 1. The van der Waals surface area contributed by atoms with E-state index in [1.165, 1.54) is 6.08 Å². The van der Waals surface area contributed by atoms with E-state index >= 15 is 0 Å². The fourth-order valence-corrected chi connectivity index (χ4v) is 2.85. The Kier molecular flexibility index (Phi) is 7.95. The minimum absolute atomic E-state index is 0.145. The molecule has 0 fully saturated rings. The van der Waals surface area contributed by atoms with Gasteiger partial charge < -0.3 is 9.84 Å². The van der Waals surface area contributed by atoms with Crippen molar-refractivity contribution >= 4 is 0 Å². The van der Waals surface area contributed by atoms with Crippen LogP contribution in [-0.4, -0.2) is 23.7 Å². The molecule has 0 bridgehead atoms. The number of rotatable bonds is 11. The van der Waals surface area contributed by atoms with E-state index in [1.807, 2.05) is 60.7 Å². The molecule has 2 rings (SSSR count). The number of aliphatic hydroxyl groups excluding tert-OH is 1. The Hall–Kier alpha value is -2.04. The van der Waals surface area contributed by atoms with Gasteiger partial charge in [0.25, 0.3) is 5.92 Å². The molecule has 2 aromatic carbocycles. The summed E-state index contributed by atoms with van der Waals surface area (Å²) in [4.78, 5) is 0. The summed E-state index contributed by atoms with van der Waals surface area (Å²) in [6.07, 6.45) is 1.15. The first kappa shape index (κ1) is 20.3. The number of aryl methyl sites for hydroxylation is 1. The number of ether oxygens (including phenoxy) is 1. The second kappa shape index (κ2) is 10.2. The topological polar surface area (TPSA) is 29.5 Å². The third-order valence-electron chi connectivity index (χ3n) is 4.33. The quantitative estimate of drug-likeness (QED) is 0.570. The largest absolute Gasteiger partial charge is 0.393 e. The van der Waals surface area contributed by atoms with E-state index in [0.29, 0.717) is 12.8 Å². The molecule has 0 saturated carbocycles. The van der Waals surface area contributed by atoms with Gasteiger partial charge in [0.1, 0.15) is 6.61 Å². The molecule has 1 N–H and O–H groups in total. The maximum Gasteiger partial charge on any atom is 0.271 e. The second-order valence-corrected chi connectivity index (χ2v) is 6.53. The van der Waals surface area contributed by atoms with Crippen LogP contribution < -0.4 is 0 Å². The Bertz CT molecular complexity index is 644. The Morgan fingerprint density at radius 2 is 1.58 bits per heavy atom. The molecule has 0 heterocycles. The standard InChI is InChI=1S/C22H26F2O2/c1-2-20(21(25)14-13-18-9-5-3-6-10-18)15-22(23,24)17-26-16-19-11-7-4-8-12-19/h2-12,20-21,25H,1,13-17H2/t20-,21-/m0/s1. The maximum absolute atomic E-state index is 14.2. The molecular weight excluding hydrogens is 334 g/mol. The number of benzene rings is 2. The fraction of sp³-hybridized carbons (Fsp3) is 0.364. The summed E-state index contributed by atoms with van der Waals surface area (Å²) in [6, 6.07) is 18.9. The van der Waals surface area contributed by atoms with Gasteiger partial charge in [-0.05, 0) is 24.0 Å². The molecule has 26 heavy (non-hydrogen) atoms. The van der Waals surface area contributed by atoms with Gasteiger partial charge in [0.05, 0.1) is 12.7 Å². The predicted molar refractivity (Wildman–Crippen MR) is 100 cm³/mol. The zero-order valence-corrected chi connectivity index (χ0v) is 14.9. The van der Waals surface area contributed by atoms with Gasteiger partial charge in [0.2, 0.25) is 0 Å². The van der Waals surface area contributed by atoms with E-state index in [-0.39, 0.29) is 6.61 Å². The Morgan fingerprint density at radius 3 is 2.15 bits per heavy atom. The Balaban J connectivity index is 1.79. The molecule has 2 nitrogen and oxygen atoms in total. The van der Waals surface area contributed by atoms with Crippen LogP contribution in [0.4, 0.5) is 8.78 Å². The minimum Gasteiger partial charge on any atom is -0.393 e. The van der Waals surface area contributed by atoms with Gasteiger partial charge in [-0.15, -0.1) is 6.58 Å². The molecule has 0 amide bonds. The second-order valence-electron chi connectivity index (χ2n) is 6.53. The lowest BCUT2D eigenvalue weighted by molar-refractivity contribution is -0.100. The number of alkyl halides is 2. The molecule has 0 aliphatic heterocycles. The third-order valence-corrected chi connectivity index (χ3v) is 4.33. The van der Waals surface area contributed by atoms with Crippen molar-refractivity contribution in [2.24, 2.45) is 5.92 Å². The lowest BCUT2D eigenvalue weighted by Gasteiger charge is -2.25. The summed E-state index contributed by atoms with van der Waals surface area (Å²) >= 11 is 0. The zero-order chi connectivity index (χ0) is 18.8. The summed E-state index contributed by atoms with van der Waals surface area (Å²) in [7, 11) is 0. The van der Waals surface area contributed by atoms with Crippen molar-refractivity contribution in [1.29, 1.82) is 0 Å². The molecule has 0 aliphatic rings. The van der Waals surface area contributed by atoms with E-state index in [9.17, 15) is 13.9 Å². The molecule has 0 radical (unpaired) electrons. The lowest BCUT2D eigenvalue weighted by Crippen LogP contribution is -2.31. The summed E-state index contributed by atoms with van der Waals surface area (Å²) in [5.74, 6) is -3.68. The molecule has 2 aromatic rings. The van der Waals surface area contributed by atoms with Crippen molar-refractivity contribution in [3.63, 3.8) is 0 Å². The van der Waals surface area contributed by atoms with Crippen LogP contribution >= 0.6 is 0 Å². The van der Waals surface area contributed by atoms with E-state index in [2.05, 4.69) is 6.58 Å². The Labute approximate surface area is 154 Å². The van der Waals surface area contributed by atoms with Crippen molar-refractivity contribution in [1.82, 2.24) is 0 Å². The maximum atomic E-state index is 14.2. The third kappa shape index (κ3) is 7.06. The van der Waals surface area contributed by atoms with Crippen LogP contribution in [0.2, 0.25) is 0 Å². The summed E-state index contributed by atoms with van der Waals surface area (Å²) in [5.41, 5.74) is 1.93. The van der Waals surface area contributed by atoms with Gasteiger partial charge in [0, 0.05) is 12.3 Å².